The van der Waals surface area contributed by atoms with Gasteiger partial charge in [0, 0.05) is 17.3 Å². The van der Waals surface area contributed by atoms with Crippen LogP contribution in [0.3, 0.4) is 0 Å². The Morgan fingerprint density at radius 1 is 1.20 bits per heavy atom. The van der Waals surface area contributed by atoms with Gasteiger partial charge in [-0.05, 0) is 22.9 Å². The number of aromatic nitrogens is 5. The van der Waals surface area contributed by atoms with Gasteiger partial charge in [0.25, 0.3) is 0 Å². The Kier molecular flexibility index (Phi) is 5.15. The van der Waals surface area contributed by atoms with E-state index in [-0.39, 0.29) is 29.2 Å². The first-order chi connectivity index (χ1) is 14.4. The van der Waals surface area contributed by atoms with Crippen LogP contribution < -0.4 is 16.8 Å². The first-order valence-electron chi connectivity index (χ1n) is 8.78. The molecule has 4 rings (SSSR count). The highest BCUT2D eigenvalue weighted by molar-refractivity contribution is 9.10. The summed E-state index contributed by atoms with van der Waals surface area (Å²) in [7, 11) is 0. The summed E-state index contributed by atoms with van der Waals surface area (Å²) in [5, 5.41) is 17.4. The molecule has 0 unspecified atom stereocenters. The molecule has 9 nitrogen and oxygen atoms in total. The quantitative estimate of drug-likeness (QED) is 0.396. The fraction of sp³-hybridized carbons (Fsp3) is 0.105. The smallest absolute Gasteiger partial charge is 0.224 e. The minimum absolute atomic E-state index is 0.0133. The zero-order valence-electron chi connectivity index (χ0n) is 15.6. The third-order valence-electron chi connectivity index (χ3n) is 4.48. The second-order valence-electron chi connectivity index (χ2n) is 6.45. The maximum absolute atomic E-state index is 9.44. The number of nitriles is 1. The maximum atomic E-state index is 9.44. The van der Waals surface area contributed by atoms with E-state index in [2.05, 4.69) is 36.3 Å². The molecule has 0 fully saturated rings. The third-order valence-corrected chi connectivity index (χ3v) is 5.61. The summed E-state index contributed by atoms with van der Waals surface area (Å²) in [5.74, 6) is 0.231. The van der Waals surface area contributed by atoms with E-state index < -0.39 is 0 Å². The van der Waals surface area contributed by atoms with Crippen LogP contribution in [0.4, 0.5) is 17.6 Å². The van der Waals surface area contributed by atoms with Crippen LogP contribution in [-0.2, 0) is 0 Å². The number of fused-ring (bicyclic) bond motifs is 1. The maximum Gasteiger partial charge on any atom is 0.224 e. The fourth-order valence-electron chi connectivity index (χ4n) is 3.07. The predicted molar refractivity (Wildman–Crippen MR) is 119 cm³/mol. The average Bonchev–Trinajstić information content (AvgIpc) is 3.00. The lowest BCUT2D eigenvalue weighted by molar-refractivity contribution is 0.828. The van der Waals surface area contributed by atoms with Crippen molar-refractivity contribution in [3.63, 3.8) is 0 Å². The van der Waals surface area contributed by atoms with Gasteiger partial charge in [-0.25, -0.2) is 9.50 Å². The van der Waals surface area contributed by atoms with Crippen LogP contribution >= 0.6 is 27.5 Å². The normalized spacial score (nSPS) is 11.9. The van der Waals surface area contributed by atoms with Gasteiger partial charge < -0.3 is 16.8 Å². The Hall–Kier alpha value is -3.42. The Morgan fingerprint density at radius 2 is 1.93 bits per heavy atom. The largest absolute Gasteiger partial charge is 0.382 e. The number of nitrogens with zero attached hydrogens (tertiary/aromatic N) is 6. The first-order valence-corrected chi connectivity index (χ1v) is 9.95. The van der Waals surface area contributed by atoms with Crippen molar-refractivity contribution in [2.24, 2.45) is 0 Å². The summed E-state index contributed by atoms with van der Waals surface area (Å²) in [4.78, 5) is 12.7. The lowest BCUT2D eigenvalue weighted by Crippen LogP contribution is -2.15. The monoisotopic (exact) mass is 483 g/mol. The molecule has 1 atom stereocenters. The van der Waals surface area contributed by atoms with Gasteiger partial charge in [-0.3, -0.25) is 0 Å². The van der Waals surface area contributed by atoms with Crippen molar-refractivity contribution in [1.29, 1.82) is 5.26 Å². The number of nitrogens with one attached hydrogen (secondary N) is 1. The minimum atomic E-state index is -0.334. The number of anilines is 3. The highest BCUT2D eigenvalue weighted by Gasteiger charge is 2.21. The molecule has 3 aromatic heterocycles. The number of halogens is 2. The van der Waals surface area contributed by atoms with Crippen molar-refractivity contribution in [2.45, 2.75) is 13.0 Å². The van der Waals surface area contributed by atoms with E-state index >= 15 is 0 Å². The van der Waals surface area contributed by atoms with Gasteiger partial charge in [0.2, 0.25) is 5.95 Å². The molecule has 0 amide bonds. The van der Waals surface area contributed by atoms with E-state index in [0.717, 1.165) is 11.1 Å². The van der Waals surface area contributed by atoms with E-state index in [4.69, 9.17) is 28.1 Å². The van der Waals surface area contributed by atoms with E-state index in [0.29, 0.717) is 21.0 Å². The van der Waals surface area contributed by atoms with E-state index in [1.54, 1.807) is 4.52 Å². The van der Waals surface area contributed by atoms with Gasteiger partial charge in [0.15, 0.2) is 11.5 Å². The molecule has 11 heteroatoms. The molecular weight excluding hydrogens is 470 g/mol. The van der Waals surface area contributed by atoms with Crippen molar-refractivity contribution in [1.82, 2.24) is 24.6 Å². The van der Waals surface area contributed by atoms with Crippen LogP contribution in [0.1, 0.15) is 24.1 Å². The number of rotatable bonds is 4. The highest BCUT2D eigenvalue weighted by Crippen LogP contribution is 2.33. The molecule has 5 N–H and O–H groups in total. The molecule has 0 aliphatic heterocycles. The van der Waals surface area contributed by atoms with Crippen molar-refractivity contribution in [2.75, 3.05) is 16.8 Å². The lowest BCUT2D eigenvalue weighted by atomic mass is 10.0. The van der Waals surface area contributed by atoms with Crippen LogP contribution in [0, 0.1) is 11.3 Å². The molecule has 0 aliphatic carbocycles. The highest BCUT2D eigenvalue weighted by atomic mass is 79.9. The number of nitrogen functional groups attached to an aromatic ring is 2. The molecular formula is C19H15BrClN9. The Bertz CT molecular complexity index is 1300. The van der Waals surface area contributed by atoms with Gasteiger partial charge >= 0.3 is 0 Å². The van der Waals surface area contributed by atoms with E-state index in [1.165, 1.54) is 0 Å². The molecule has 0 aliphatic rings. The van der Waals surface area contributed by atoms with Crippen molar-refractivity contribution < 1.29 is 0 Å². The molecule has 0 saturated heterocycles. The summed E-state index contributed by atoms with van der Waals surface area (Å²) < 4.78 is 2.09. The number of hydrogen-bond acceptors (Lipinski definition) is 8. The van der Waals surface area contributed by atoms with Crippen LogP contribution in [0.2, 0.25) is 5.02 Å². The van der Waals surface area contributed by atoms with Gasteiger partial charge in [-0.2, -0.15) is 20.3 Å². The summed E-state index contributed by atoms with van der Waals surface area (Å²) in [6.07, 6.45) is 1.83. The van der Waals surface area contributed by atoms with Crippen molar-refractivity contribution in [3.8, 4) is 17.3 Å². The van der Waals surface area contributed by atoms with Crippen LogP contribution in [0.15, 0.2) is 41.1 Å². The topological polar surface area (TPSA) is 144 Å². The SMILES string of the molecule is C[C@H](Nc1nc(N)nc(N)c1C#N)c1cn2nc(Br)c(Cl)c2nc1-c1ccccc1. The van der Waals surface area contributed by atoms with Gasteiger partial charge in [0.1, 0.15) is 27.1 Å². The Labute approximate surface area is 184 Å². The number of hydrogen-bond donors (Lipinski definition) is 3. The lowest BCUT2D eigenvalue weighted by Gasteiger charge is -2.19. The van der Waals surface area contributed by atoms with Gasteiger partial charge in [0.05, 0.1) is 11.7 Å². The van der Waals surface area contributed by atoms with E-state index in [9.17, 15) is 5.26 Å². The molecule has 0 saturated carbocycles. The molecule has 1 aromatic carbocycles. The number of nitrogens with two attached hydrogens (primary N) is 2. The zero-order valence-corrected chi connectivity index (χ0v) is 18.0. The standard InChI is InChI=1S/C19H15BrClN9/c1-9(25-17-11(7-22)16(23)27-19(24)28-17)12-8-30-18(13(21)15(20)29-30)26-14(12)10-5-3-2-4-6-10/h2-6,8-9H,1H3,(H5,23,24,25,27,28)/t9-/m0/s1. The van der Waals surface area contributed by atoms with Gasteiger partial charge in [-0.1, -0.05) is 41.9 Å². The summed E-state index contributed by atoms with van der Waals surface area (Å²) in [5.41, 5.74) is 14.6. The molecule has 0 spiro atoms. The summed E-state index contributed by atoms with van der Waals surface area (Å²) >= 11 is 9.69. The Morgan fingerprint density at radius 3 is 2.63 bits per heavy atom. The second kappa shape index (κ2) is 7.78. The molecule has 0 bridgehead atoms. The average molecular weight is 485 g/mol. The number of benzene rings is 1. The molecule has 30 heavy (non-hydrogen) atoms. The van der Waals surface area contributed by atoms with Crippen molar-refractivity contribution in [3.05, 3.63) is 57.3 Å². The molecule has 150 valence electrons. The minimum Gasteiger partial charge on any atom is -0.382 e. The van der Waals surface area contributed by atoms with Crippen LogP contribution in [0.5, 0.6) is 0 Å². The second-order valence-corrected chi connectivity index (χ2v) is 7.58. The first kappa shape index (κ1) is 19.9. The summed E-state index contributed by atoms with van der Waals surface area (Å²) in [6, 6.07) is 11.4. The Balaban J connectivity index is 1.87. The van der Waals surface area contributed by atoms with E-state index in [1.807, 2.05) is 49.5 Å². The fourth-order valence-corrected chi connectivity index (χ4v) is 3.58. The predicted octanol–water partition coefficient (Wildman–Crippen LogP) is 3.81. The zero-order chi connectivity index (χ0) is 21.4. The molecule has 4 aromatic rings. The molecule has 3 heterocycles. The van der Waals surface area contributed by atoms with Crippen molar-refractivity contribution >= 4 is 50.8 Å². The third kappa shape index (κ3) is 3.49. The van der Waals surface area contributed by atoms with Crippen LogP contribution in [0.25, 0.3) is 16.9 Å². The summed E-state index contributed by atoms with van der Waals surface area (Å²) in [6.45, 7) is 1.91. The van der Waals surface area contributed by atoms with Gasteiger partial charge in [-0.15, -0.1) is 0 Å². The molecule has 0 radical (unpaired) electrons. The van der Waals surface area contributed by atoms with Crippen LogP contribution in [-0.4, -0.2) is 24.6 Å².